The van der Waals surface area contributed by atoms with Crippen LogP contribution in [0.4, 0.5) is 0 Å². The van der Waals surface area contributed by atoms with E-state index in [-0.39, 0.29) is 18.5 Å². The highest BCUT2D eigenvalue weighted by Gasteiger charge is 2.20. The summed E-state index contributed by atoms with van der Waals surface area (Å²) in [7, 11) is 0. The van der Waals surface area contributed by atoms with Crippen LogP contribution < -0.4 is 5.32 Å². The lowest BCUT2D eigenvalue weighted by molar-refractivity contribution is -0.143. The van der Waals surface area contributed by atoms with Crippen molar-refractivity contribution < 1.29 is 24.5 Å². The topological polar surface area (TPSA) is 95.9 Å². The SMILES string of the molecule is CCCCCCCCCCCCCCC(=O)OCCCCCCCCCCCCCCCCCCCCCCCCCCC(=O)NC(CO)C(O)CCCCCCCCCCCC. The number of aliphatic hydroxyl groups excluding tert-OH is 2. The molecule has 0 radical (unpaired) electrons. The first-order valence-electron chi connectivity index (χ1n) is 28.8. The molecule has 0 aliphatic carbocycles. The van der Waals surface area contributed by atoms with Gasteiger partial charge in [-0.05, 0) is 25.7 Å². The van der Waals surface area contributed by atoms with Gasteiger partial charge in [-0.25, -0.2) is 0 Å². The van der Waals surface area contributed by atoms with Gasteiger partial charge in [0, 0.05) is 12.8 Å². The molecule has 2 atom stereocenters. The molecule has 1 amide bonds. The van der Waals surface area contributed by atoms with Crippen molar-refractivity contribution >= 4 is 11.9 Å². The number of esters is 1. The molecule has 0 saturated heterocycles. The van der Waals surface area contributed by atoms with E-state index < -0.39 is 12.1 Å². The van der Waals surface area contributed by atoms with Crippen molar-refractivity contribution in [2.45, 2.75) is 341 Å². The third-order valence-corrected chi connectivity index (χ3v) is 13.7. The second kappa shape index (κ2) is 53.5. The van der Waals surface area contributed by atoms with Crippen LogP contribution in [0.25, 0.3) is 0 Å². The number of aliphatic hydroxyl groups is 2. The van der Waals surface area contributed by atoms with Crippen LogP contribution in [0.1, 0.15) is 328 Å². The zero-order valence-electron chi connectivity index (χ0n) is 42.8. The molecule has 6 heteroatoms. The minimum Gasteiger partial charge on any atom is -0.466 e. The van der Waals surface area contributed by atoms with E-state index in [0.29, 0.717) is 25.9 Å². The van der Waals surface area contributed by atoms with Gasteiger partial charge in [-0.15, -0.1) is 0 Å². The summed E-state index contributed by atoms with van der Waals surface area (Å²) in [4.78, 5) is 24.4. The number of carbonyl (C=O) groups is 2. The van der Waals surface area contributed by atoms with Crippen molar-refractivity contribution in [1.29, 1.82) is 0 Å². The zero-order valence-corrected chi connectivity index (χ0v) is 42.8. The van der Waals surface area contributed by atoms with Gasteiger partial charge < -0.3 is 20.3 Å². The number of unbranched alkanes of at least 4 members (excludes halogenated alkanes) is 43. The summed E-state index contributed by atoms with van der Waals surface area (Å²) in [6, 6.07) is -0.537. The van der Waals surface area contributed by atoms with E-state index in [1.807, 2.05) is 0 Å². The third kappa shape index (κ3) is 50.1. The highest BCUT2D eigenvalue weighted by Crippen LogP contribution is 2.18. The highest BCUT2D eigenvalue weighted by atomic mass is 16.5. The maximum atomic E-state index is 12.4. The lowest BCUT2D eigenvalue weighted by Gasteiger charge is -2.22. The summed E-state index contributed by atoms with van der Waals surface area (Å²) < 4.78 is 5.47. The Morgan fingerprint density at radius 1 is 0.381 bits per heavy atom. The molecule has 0 spiro atoms. The Hall–Kier alpha value is -1.14. The molecule has 0 aromatic rings. The minimum absolute atomic E-state index is 0.0166. The highest BCUT2D eigenvalue weighted by molar-refractivity contribution is 5.76. The van der Waals surface area contributed by atoms with Gasteiger partial charge in [-0.1, -0.05) is 290 Å². The Morgan fingerprint density at radius 2 is 0.651 bits per heavy atom. The molecule has 0 aromatic heterocycles. The first kappa shape index (κ1) is 61.9. The first-order valence-corrected chi connectivity index (χ1v) is 28.8. The molecular weight excluding hydrogens is 779 g/mol. The molecule has 0 fully saturated rings. The molecule has 0 aromatic carbocycles. The molecular formula is C57H113NO5. The molecule has 0 aliphatic heterocycles. The van der Waals surface area contributed by atoms with Crippen molar-refractivity contribution in [3.8, 4) is 0 Å². The van der Waals surface area contributed by atoms with Crippen LogP contribution in [-0.4, -0.2) is 47.4 Å². The average Bonchev–Trinajstić information content (AvgIpc) is 3.28. The number of carbonyl (C=O) groups excluding carboxylic acids is 2. The van der Waals surface area contributed by atoms with Crippen LogP contribution >= 0.6 is 0 Å². The van der Waals surface area contributed by atoms with Crippen LogP contribution in [0.2, 0.25) is 0 Å². The first-order chi connectivity index (χ1) is 31.0. The molecule has 0 aliphatic rings. The fraction of sp³-hybridized carbons (Fsp3) is 0.965. The lowest BCUT2D eigenvalue weighted by Crippen LogP contribution is -2.45. The summed E-state index contributed by atoms with van der Waals surface area (Å²) >= 11 is 0. The molecule has 3 N–H and O–H groups in total. The van der Waals surface area contributed by atoms with Gasteiger partial charge in [0.2, 0.25) is 5.91 Å². The maximum Gasteiger partial charge on any atom is 0.305 e. The van der Waals surface area contributed by atoms with Gasteiger partial charge in [0.05, 0.1) is 25.4 Å². The summed E-state index contributed by atoms with van der Waals surface area (Å²) in [6.07, 6.45) is 61.1. The van der Waals surface area contributed by atoms with Crippen molar-refractivity contribution in [3.63, 3.8) is 0 Å². The number of nitrogens with one attached hydrogen (secondary N) is 1. The average molecular weight is 893 g/mol. The summed E-state index contributed by atoms with van der Waals surface area (Å²) in [6.45, 7) is 4.96. The largest absolute Gasteiger partial charge is 0.466 e. The molecule has 2 unspecified atom stereocenters. The van der Waals surface area contributed by atoms with Crippen LogP contribution in [0, 0.1) is 0 Å². The van der Waals surface area contributed by atoms with Crippen LogP contribution in [0.15, 0.2) is 0 Å². The second-order valence-electron chi connectivity index (χ2n) is 20.0. The maximum absolute atomic E-state index is 12.4. The van der Waals surface area contributed by atoms with Crippen molar-refractivity contribution in [1.82, 2.24) is 5.32 Å². The van der Waals surface area contributed by atoms with Crippen molar-refractivity contribution in [2.24, 2.45) is 0 Å². The van der Waals surface area contributed by atoms with Crippen molar-refractivity contribution in [2.75, 3.05) is 13.2 Å². The minimum atomic E-state index is -0.660. The Balaban J connectivity index is 3.32. The van der Waals surface area contributed by atoms with Gasteiger partial charge in [0.1, 0.15) is 0 Å². The monoisotopic (exact) mass is 892 g/mol. The lowest BCUT2D eigenvalue weighted by atomic mass is 10.0. The third-order valence-electron chi connectivity index (χ3n) is 13.7. The zero-order chi connectivity index (χ0) is 45.8. The molecule has 0 heterocycles. The Bertz CT molecular complexity index is 898. The van der Waals surface area contributed by atoms with Gasteiger partial charge in [0.15, 0.2) is 0 Å². The fourth-order valence-electron chi connectivity index (χ4n) is 9.23. The molecule has 0 saturated carbocycles. The predicted molar refractivity (Wildman–Crippen MR) is 274 cm³/mol. The quantitative estimate of drug-likeness (QED) is 0.0418. The van der Waals surface area contributed by atoms with Crippen LogP contribution in [0.3, 0.4) is 0 Å². The summed E-state index contributed by atoms with van der Waals surface area (Å²) in [5, 5.41) is 23.1. The van der Waals surface area contributed by atoms with E-state index in [4.69, 9.17) is 4.74 Å². The van der Waals surface area contributed by atoms with Gasteiger partial charge in [-0.3, -0.25) is 9.59 Å². The molecule has 0 bridgehead atoms. The number of rotatable bonds is 54. The van der Waals surface area contributed by atoms with E-state index >= 15 is 0 Å². The number of hydrogen-bond acceptors (Lipinski definition) is 5. The van der Waals surface area contributed by atoms with Crippen LogP contribution in [0.5, 0.6) is 0 Å². The number of ether oxygens (including phenoxy) is 1. The fourth-order valence-corrected chi connectivity index (χ4v) is 9.23. The van der Waals surface area contributed by atoms with E-state index in [1.165, 1.54) is 257 Å². The van der Waals surface area contributed by atoms with Crippen LogP contribution in [-0.2, 0) is 14.3 Å². The van der Waals surface area contributed by atoms with E-state index in [2.05, 4.69) is 19.2 Å². The Morgan fingerprint density at radius 3 is 0.968 bits per heavy atom. The molecule has 6 nitrogen and oxygen atoms in total. The van der Waals surface area contributed by atoms with E-state index in [9.17, 15) is 19.8 Å². The Kier molecular flexibility index (Phi) is 52.5. The smallest absolute Gasteiger partial charge is 0.305 e. The van der Waals surface area contributed by atoms with Crippen molar-refractivity contribution in [3.05, 3.63) is 0 Å². The standard InChI is InChI=1S/C57H113NO5/c1-3-5-7-9-11-13-15-31-35-39-43-47-51-57(62)63-52-48-44-40-36-32-29-27-25-23-21-19-17-16-18-20-22-24-26-28-30-34-38-42-46-50-56(61)58-54(53-59)55(60)49-45-41-37-33-14-12-10-8-6-4-2/h54-55,59-60H,3-53H2,1-2H3,(H,58,61). The predicted octanol–water partition coefficient (Wildman–Crippen LogP) is 17.5. The number of hydrogen-bond donors (Lipinski definition) is 3. The summed E-state index contributed by atoms with van der Waals surface area (Å²) in [5.74, 6) is -0.0172. The molecule has 376 valence electrons. The molecule has 0 rings (SSSR count). The van der Waals surface area contributed by atoms with Gasteiger partial charge in [0.25, 0.3) is 0 Å². The normalized spacial score (nSPS) is 12.5. The second-order valence-corrected chi connectivity index (χ2v) is 20.0. The Labute approximate surface area is 394 Å². The molecule has 63 heavy (non-hydrogen) atoms. The van der Waals surface area contributed by atoms with E-state index in [1.54, 1.807) is 0 Å². The number of amides is 1. The van der Waals surface area contributed by atoms with E-state index in [0.717, 1.165) is 38.5 Å². The summed E-state index contributed by atoms with van der Waals surface area (Å²) in [5.41, 5.74) is 0. The van der Waals surface area contributed by atoms with Gasteiger partial charge in [-0.2, -0.15) is 0 Å². The van der Waals surface area contributed by atoms with Gasteiger partial charge >= 0.3 is 5.97 Å².